The summed E-state index contributed by atoms with van der Waals surface area (Å²) in [7, 11) is 0. The topological polar surface area (TPSA) is 59.8 Å². The molecule has 0 radical (unpaired) electrons. The predicted molar refractivity (Wildman–Crippen MR) is 118 cm³/mol. The van der Waals surface area contributed by atoms with Gasteiger partial charge in [0.15, 0.2) is 5.16 Å². The minimum Gasteiger partial charge on any atom is -0.348 e. The molecule has 152 valence electrons. The Hall–Kier alpha value is -2.60. The molecule has 6 heteroatoms. The first-order valence-corrected chi connectivity index (χ1v) is 10.9. The van der Waals surface area contributed by atoms with Crippen molar-refractivity contribution < 1.29 is 4.79 Å². The van der Waals surface area contributed by atoms with Crippen LogP contribution in [0.2, 0.25) is 0 Å². The van der Waals surface area contributed by atoms with Crippen LogP contribution in [0, 0.1) is 13.8 Å². The van der Waals surface area contributed by atoms with Crippen LogP contribution in [-0.4, -0.2) is 25.9 Å². The molecule has 1 heterocycles. The summed E-state index contributed by atoms with van der Waals surface area (Å²) < 4.78 is 2.00. The first-order chi connectivity index (χ1) is 14.0. The largest absolute Gasteiger partial charge is 0.348 e. The molecule has 0 spiro atoms. The summed E-state index contributed by atoms with van der Waals surface area (Å²) in [4.78, 5) is 12.9. The van der Waals surface area contributed by atoms with Crippen LogP contribution in [0.15, 0.2) is 59.8 Å². The van der Waals surface area contributed by atoms with Crippen molar-refractivity contribution in [2.45, 2.75) is 57.0 Å². The quantitative estimate of drug-likeness (QED) is 0.532. The van der Waals surface area contributed by atoms with Crippen LogP contribution in [0.5, 0.6) is 0 Å². The highest BCUT2D eigenvalue weighted by molar-refractivity contribution is 8.00. The summed E-state index contributed by atoms with van der Waals surface area (Å²) in [5.41, 5.74) is 3.32. The van der Waals surface area contributed by atoms with Gasteiger partial charge in [-0.15, -0.1) is 10.2 Å². The monoisotopic (exact) mass is 408 g/mol. The average Bonchev–Trinajstić information content (AvgIpc) is 3.08. The Balaban J connectivity index is 1.75. The fourth-order valence-corrected chi connectivity index (χ4v) is 4.20. The highest BCUT2D eigenvalue weighted by Crippen LogP contribution is 2.27. The van der Waals surface area contributed by atoms with Crippen molar-refractivity contribution in [3.05, 3.63) is 71.5 Å². The van der Waals surface area contributed by atoms with E-state index in [9.17, 15) is 4.79 Å². The number of carbonyl (C=O) groups is 1. The second-order valence-corrected chi connectivity index (χ2v) is 8.53. The third-order valence-corrected chi connectivity index (χ3v) is 5.84. The van der Waals surface area contributed by atoms with Crippen molar-refractivity contribution in [3.63, 3.8) is 0 Å². The van der Waals surface area contributed by atoms with Gasteiger partial charge in [0, 0.05) is 5.69 Å². The number of aryl methyl sites for hydroxylation is 2. The third-order valence-electron chi connectivity index (χ3n) is 4.80. The van der Waals surface area contributed by atoms with E-state index in [1.54, 1.807) is 0 Å². The number of nitrogens with one attached hydrogen (secondary N) is 1. The van der Waals surface area contributed by atoms with E-state index in [0.717, 1.165) is 35.1 Å². The van der Waals surface area contributed by atoms with Gasteiger partial charge in [-0.3, -0.25) is 9.36 Å². The lowest BCUT2D eigenvalue weighted by Crippen LogP contribution is -2.34. The smallest absolute Gasteiger partial charge is 0.233 e. The van der Waals surface area contributed by atoms with Crippen LogP contribution in [0.25, 0.3) is 5.69 Å². The number of hydrogen-bond acceptors (Lipinski definition) is 4. The van der Waals surface area contributed by atoms with E-state index in [4.69, 9.17) is 0 Å². The Bertz CT molecular complexity index is 955. The Morgan fingerprint density at radius 1 is 1.10 bits per heavy atom. The summed E-state index contributed by atoms with van der Waals surface area (Å²) >= 11 is 1.43. The maximum absolute atomic E-state index is 12.9. The van der Waals surface area contributed by atoms with E-state index in [2.05, 4.69) is 53.6 Å². The molecule has 1 N–H and O–H groups in total. The normalized spacial score (nSPS) is 13.1. The van der Waals surface area contributed by atoms with Gasteiger partial charge in [0.1, 0.15) is 5.82 Å². The SMILES string of the molecule is CCC[C@H](NC(=O)[C@@H](C)Sc1nnc(C)n1-c1cccc(C)c1)c1ccccc1. The number of benzene rings is 2. The van der Waals surface area contributed by atoms with E-state index in [1.165, 1.54) is 17.3 Å². The lowest BCUT2D eigenvalue weighted by molar-refractivity contribution is -0.121. The minimum atomic E-state index is -0.287. The molecule has 29 heavy (non-hydrogen) atoms. The van der Waals surface area contributed by atoms with E-state index >= 15 is 0 Å². The Morgan fingerprint density at radius 2 is 1.86 bits per heavy atom. The van der Waals surface area contributed by atoms with Crippen molar-refractivity contribution >= 4 is 17.7 Å². The molecule has 0 aliphatic carbocycles. The Labute approximate surface area is 176 Å². The van der Waals surface area contributed by atoms with Crippen LogP contribution in [0.3, 0.4) is 0 Å². The summed E-state index contributed by atoms with van der Waals surface area (Å²) in [5.74, 6) is 0.813. The Morgan fingerprint density at radius 3 is 2.55 bits per heavy atom. The molecule has 3 aromatic rings. The first kappa shape index (κ1) is 21.1. The molecule has 0 saturated carbocycles. The zero-order chi connectivity index (χ0) is 20.8. The van der Waals surface area contributed by atoms with E-state index in [0.29, 0.717) is 0 Å². The van der Waals surface area contributed by atoms with Crippen molar-refractivity contribution in [1.82, 2.24) is 20.1 Å². The zero-order valence-corrected chi connectivity index (χ0v) is 18.2. The van der Waals surface area contributed by atoms with Crippen LogP contribution < -0.4 is 5.32 Å². The van der Waals surface area contributed by atoms with Gasteiger partial charge >= 0.3 is 0 Å². The number of rotatable bonds is 8. The summed E-state index contributed by atoms with van der Waals surface area (Å²) in [5, 5.41) is 12.2. The van der Waals surface area contributed by atoms with E-state index in [-0.39, 0.29) is 17.2 Å². The number of amides is 1. The molecule has 2 atom stereocenters. The number of carbonyl (C=O) groups excluding carboxylic acids is 1. The van der Waals surface area contributed by atoms with Gasteiger partial charge < -0.3 is 5.32 Å². The number of nitrogens with zero attached hydrogens (tertiary/aromatic N) is 3. The molecule has 0 fully saturated rings. The lowest BCUT2D eigenvalue weighted by atomic mass is 10.0. The van der Waals surface area contributed by atoms with Crippen molar-refractivity contribution in [2.24, 2.45) is 0 Å². The highest BCUT2D eigenvalue weighted by Gasteiger charge is 2.22. The molecule has 0 aliphatic rings. The maximum atomic E-state index is 12.9. The van der Waals surface area contributed by atoms with Gasteiger partial charge in [-0.25, -0.2) is 0 Å². The minimum absolute atomic E-state index is 0.00810. The second-order valence-electron chi connectivity index (χ2n) is 7.22. The Kier molecular flexibility index (Phi) is 7.09. The van der Waals surface area contributed by atoms with Crippen LogP contribution in [0.1, 0.15) is 49.7 Å². The standard InChI is InChI=1S/C23H28N4OS/c1-5-10-21(19-12-7-6-8-13-19)24-22(28)17(3)29-23-26-25-18(4)27(23)20-14-9-11-16(2)15-20/h6-9,11-15,17,21H,5,10H2,1-4H3,(H,24,28)/t17-,21+/m1/s1. The molecule has 1 aromatic heterocycles. The maximum Gasteiger partial charge on any atom is 0.233 e. The fourth-order valence-electron chi connectivity index (χ4n) is 3.28. The van der Waals surface area contributed by atoms with E-state index in [1.807, 2.05) is 48.7 Å². The molecule has 0 unspecified atom stereocenters. The molecular weight excluding hydrogens is 380 g/mol. The zero-order valence-electron chi connectivity index (χ0n) is 17.4. The molecule has 0 aliphatic heterocycles. The molecule has 5 nitrogen and oxygen atoms in total. The number of hydrogen-bond donors (Lipinski definition) is 1. The molecule has 2 aromatic carbocycles. The third kappa shape index (κ3) is 5.26. The lowest BCUT2D eigenvalue weighted by Gasteiger charge is -2.21. The number of aromatic nitrogens is 3. The van der Waals surface area contributed by atoms with Crippen molar-refractivity contribution in [3.8, 4) is 5.69 Å². The predicted octanol–water partition coefficient (Wildman–Crippen LogP) is 5.02. The van der Waals surface area contributed by atoms with Crippen LogP contribution >= 0.6 is 11.8 Å². The summed E-state index contributed by atoms with van der Waals surface area (Å²) in [6, 6.07) is 18.4. The fraction of sp³-hybridized carbons (Fsp3) is 0.348. The summed E-state index contributed by atoms with van der Waals surface area (Å²) in [6.07, 6.45) is 1.91. The van der Waals surface area contributed by atoms with Gasteiger partial charge in [-0.2, -0.15) is 0 Å². The average molecular weight is 409 g/mol. The van der Waals surface area contributed by atoms with Gasteiger partial charge in [-0.05, 0) is 50.5 Å². The van der Waals surface area contributed by atoms with Gasteiger partial charge in [0.25, 0.3) is 0 Å². The van der Waals surface area contributed by atoms with Crippen molar-refractivity contribution in [1.29, 1.82) is 0 Å². The van der Waals surface area contributed by atoms with Gasteiger partial charge in [0.05, 0.1) is 11.3 Å². The summed E-state index contributed by atoms with van der Waals surface area (Å²) in [6.45, 7) is 8.03. The second kappa shape index (κ2) is 9.74. The van der Waals surface area contributed by atoms with Crippen LogP contribution in [-0.2, 0) is 4.79 Å². The number of thioether (sulfide) groups is 1. The van der Waals surface area contributed by atoms with Gasteiger partial charge in [0.2, 0.25) is 5.91 Å². The molecule has 1 amide bonds. The molecule has 0 bridgehead atoms. The molecule has 0 saturated heterocycles. The molecular formula is C23H28N4OS. The van der Waals surface area contributed by atoms with Crippen molar-refractivity contribution in [2.75, 3.05) is 0 Å². The first-order valence-electron chi connectivity index (χ1n) is 10.0. The molecule has 3 rings (SSSR count). The van der Waals surface area contributed by atoms with Gasteiger partial charge in [-0.1, -0.05) is 67.6 Å². The van der Waals surface area contributed by atoms with E-state index < -0.39 is 0 Å². The van der Waals surface area contributed by atoms with Crippen LogP contribution in [0.4, 0.5) is 0 Å². The highest BCUT2D eigenvalue weighted by atomic mass is 32.2.